The van der Waals surface area contributed by atoms with Crippen LogP contribution in [0.1, 0.15) is 19.3 Å². The van der Waals surface area contributed by atoms with E-state index >= 15 is 0 Å². The summed E-state index contributed by atoms with van der Waals surface area (Å²) in [7, 11) is -1.43. The molecule has 0 N–H and O–H groups in total. The molecule has 0 amide bonds. The number of fused-ring (bicyclic) bond motifs is 2. The number of epoxide rings is 1. The lowest BCUT2D eigenvalue weighted by atomic mass is 9.91. The molecule has 2 aliphatic carbocycles. The van der Waals surface area contributed by atoms with Gasteiger partial charge in [0.25, 0.3) is 0 Å². The van der Waals surface area contributed by atoms with Gasteiger partial charge in [0, 0.05) is 0 Å². The zero-order valence-electron chi connectivity index (χ0n) is 11.0. The fraction of sp³-hybridized carbons (Fsp3) is 0.857. The van der Waals surface area contributed by atoms with Gasteiger partial charge in [0.05, 0.1) is 13.2 Å². The van der Waals surface area contributed by atoms with Crippen molar-refractivity contribution in [1.29, 1.82) is 0 Å². The molecule has 1 aliphatic heterocycles. The minimum absolute atomic E-state index is 0.423. The third-order valence-electron chi connectivity index (χ3n) is 4.60. The van der Waals surface area contributed by atoms with Crippen LogP contribution < -0.4 is 0 Å². The first-order valence-electron chi connectivity index (χ1n) is 7.06. The first-order chi connectivity index (χ1) is 8.12. The van der Waals surface area contributed by atoms with Crippen molar-refractivity contribution in [2.75, 3.05) is 13.2 Å². The van der Waals surface area contributed by atoms with Crippen molar-refractivity contribution in [3.05, 3.63) is 12.2 Å². The molecule has 2 bridgehead atoms. The second kappa shape index (κ2) is 4.52. The molecule has 3 rings (SSSR count). The predicted octanol–water partition coefficient (Wildman–Crippen LogP) is 3.21. The Morgan fingerprint density at radius 1 is 1.29 bits per heavy atom. The van der Waals surface area contributed by atoms with Crippen LogP contribution in [0.3, 0.4) is 0 Å². The minimum Gasteiger partial charge on any atom is -0.415 e. The van der Waals surface area contributed by atoms with Crippen molar-refractivity contribution in [3.8, 4) is 0 Å². The molecule has 4 atom stereocenters. The van der Waals surface area contributed by atoms with E-state index in [-0.39, 0.29) is 0 Å². The molecular formula is C14H24O2Si. The molecule has 0 radical (unpaired) electrons. The number of hydrogen-bond donors (Lipinski definition) is 0. The number of allylic oxidation sites excluding steroid dienone is 2. The molecule has 1 saturated carbocycles. The largest absolute Gasteiger partial charge is 0.415 e. The average Bonchev–Trinajstić information content (AvgIpc) is 2.90. The molecule has 2 nitrogen and oxygen atoms in total. The van der Waals surface area contributed by atoms with Crippen LogP contribution in [-0.4, -0.2) is 27.6 Å². The van der Waals surface area contributed by atoms with Crippen LogP contribution in [0.4, 0.5) is 0 Å². The SMILES string of the molecule is C[Si](C)(CCC1CC2C=CC1C2)OCC1CO1. The van der Waals surface area contributed by atoms with Gasteiger partial charge in [-0.2, -0.15) is 0 Å². The van der Waals surface area contributed by atoms with Crippen LogP contribution >= 0.6 is 0 Å². The molecule has 0 aromatic carbocycles. The van der Waals surface area contributed by atoms with Crippen LogP contribution in [0.25, 0.3) is 0 Å². The monoisotopic (exact) mass is 252 g/mol. The van der Waals surface area contributed by atoms with Crippen molar-refractivity contribution < 1.29 is 9.16 Å². The summed E-state index contributed by atoms with van der Waals surface area (Å²) in [4.78, 5) is 0. The molecule has 1 saturated heterocycles. The first-order valence-corrected chi connectivity index (χ1v) is 10.2. The predicted molar refractivity (Wildman–Crippen MR) is 71.4 cm³/mol. The standard InChI is InChI=1S/C14H24O2Si/c1-17(2,16-10-14-9-15-14)6-5-13-8-11-3-4-12(13)7-11/h3-4,11-14H,5-10H2,1-2H3. The quantitative estimate of drug-likeness (QED) is 0.411. The van der Waals surface area contributed by atoms with E-state index in [1.54, 1.807) is 0 Å². The van der Waals surface area contributed by atoms with Crippen molar-refractivity contribution in [1.82, 2.24) is 0 Å². The number of hydrogen-bond acceptors (Lipinski definition) is 2. The lowest BCUT2D eigenvalue weighted by molar-refractivity contribution is 0.252. The summed E-state index contributed by atoms with van der Waals surface area (Å²) in [5.74, 6) is 2.77. The fourth-order valence-electron chi connectivity index (χ4n) is 3.31. The van der Waals surface area contributed by atoms with E-state index in [0.29, 0.717) is 6.10 Å². The van der Waals surface area contributed by atoms with Gasteiger partial charge in [-0.05, 0) is 49.7 Å². The Hall–Kier alpha value is -0.123. The molecule has 96 valence electrons. The van der Waals surface area contributed by atoms with Crippen LogP contribution in [0.5, 0.6) is 0 Å². The summed E-state index contributed by atoms with van der Waals surface area (Å²) in [6.45, 7) is 6.48. The molecule has 3 heteroatoms. The molecule has 0 aromatic rings. The first kappa shape index (κ1) is 11.9. The van der Waals surface area contributed by atoms with E-state index in [2.05, 4.69) is 25.2 Å². The number of ether oxygens (including phenoxy) is 1. The Morgan fingerprint density at radius 3 is 2.71 bits per heavy atom. The number of rotatable bonds is 6. The Balaban J connectivity index is 1.41. The maximum Gasteiger partial charge on any atom is 0.186 e. The van der Waals surface area contributed by atoms with Crippen molar-refractivity contribution >= 4 is 8.32 Å². The molecular weight excluding hydrogens is 228 g/mol. The van der Waals surface area contributed by atoms with E-state index in [1.807, 2.05) is 0 Å². The highest BCUT2D eigenvalue weighted by Gasteiger charge is 2.37. The Labute approximate surface area is 106 Å². The van der Waals surface area contributed by atoms with Crippen molar-refractivity contribution in [2.24, 2.45) is 17.8 Å². The Kier molecular flexibility index (Phi) is 3.18. The molecule has 4 unspecified atom stereocenters. The summed E-state index contributed by atoms with van der Waals surface area (Å²) in [5.41, 5.74) is 0. The van der Waals surface area contributed by atoms with Gasteiger partial charge in [-0.1, -0.05) is 18.6 Å². The highest BCUT2D eigenvalue weighted by Crippen LogP contribution is 2.46. The molecule has 3 aliphatic rings. The van der Waals surface area contributed by atoms with Crippen LogP contribution in [0.2, 0.25) is 19.1 Å². The maximum atomic E-state index is 6.09. The maximum absolute atomic E-state index is 6.09. The fourth-order valence-corrected chi connectivity index (χ4v) is 5.16. The van der Waals surface area contributed by atoms with E-state index in [1.165, 1.54) is 25.3 Å². The average molecular weight is 252 g/mol. The summed E-state index contributed by atoms with van der Waals surface area (Å²) < 4.78 is 11.3. The smallest absolute Gasteiger partial charge is 0.186 e. The van der Waals surface area contributed by atoms with Gasteiger partial charge in [-0.25, -0.2) is 0 Å². The van der Waals surface area contributed by atoms with Gasteiger partial charge < -0.3 is 9.16 Å². The minimum atomic E-state index is -1.43. The van der Waals surface area contributed by atoms with Gasteiger partial charge in [-0.15, -0.1) is 0 Å². The Morgan fingerprint density at radius 2 is 2.12 bits per heavy atom. The van der Waals surface area contributed by atoms with Gasteiger partial charge in [0.2, 0.25) is 0 Å². The van der Waals surface area contributed by atoms with E-state index in [4.69, 9.17) is 9.16 Å². The summed E-state index contributed by atoms with van der Waals surface area (Å²) in [5, 5.41) is 0. The van der Waals surface area contributed by atoms with Gasteiger partial charge >= 0.3 is 0 Å². The zero-order chi connectivity index (χ0) is 11.9. The lowest BCUT2D eigenvalue weighted by Crippen LogP contribution is -2.32. The third kappa shape index (κ3) is 3.01. The topological polar surface area (TPSA) is 21.8 Å². The summed E-state index contributed by atoms with van der Waals surface area (Å²) in [6.07, 6.45) is 9.58. The van der Waals surface area contributed by atoms with Gasteiger partial charge in [-0.3, -0.25) is 0 Å². The van der Waals surface area contributed by atoms with E-state index < -0.39 is 8.32 Å². The summed E-state index contributed by atoms with van der Waals surface area (Å²) >= 11 is 0. The van der Waals surface area contributed by atoms with Crippen LogP contribution in [0, 0.1) is 17.8 Å². The highest BCUT2D eigenvalue weighted by atomic mass is 28.4. The normalized spacial score (nSPS) is 38.9. The molecule has 0 aromatic heterocycles. The molecule has 17 heavy (non-hydrogen) atoms. The molecule has 1 heterocycles. The van der Waals surface area contributed by atoms with Gasteiger partial charge in [0.15, 0.2) is 8.32 Å². The Bertz CT molecular complexity index is 309. The van der Waals surface area contributed by atoms with Crippen LogP contribution in [-0.2, 0) is 9.16 Å². The van der Waals surface area contributed by atoms with E-state index in [9.17, 15) is 0 Å². The zero-order valence-corrected chi connectivity index (χ0v) is 12.0. The highest BCUT2D eigenvalue weighted by molar-refractivity contribution is 6.71. The van der Waals surface area contributed by atoms with Crippen LogP contribution in [0.15, 0.2) is 12.2 Å². The van der Waals surface area contributed by atoms with E-state index in [0.717, 1.165) is 31.0 Å². The summed E-state index contributed by atoms with van der Waals surface area (Å²) in [6, 6.07) is 1.32. The lowest BCUT2D eigenvalue weighted by Gasteiger charge is -2.26. The van der Waals surface area contributed by atoms with Crippen molar-refractivity contribution in [3.63, 3.8) is 0 Å². The molecule has 2 fully saturated rings. The van der Waals surface area contributed by atoms with Gasteiger partial charge in [0.1, 0.15) is 6.10 Å². The molecule has 0 spiro atoms. The third-order valence-corrected chi connectivity index (χ3v) is 7.04. The second-order valence-corrected chi connectivity index (χ2v) is 10.9. The van der Waals surface area contributed by atoms with Crippen molar-refractivity contribution in [2.45, 2.75) is 44.5 Å². The second-order valence-electron chi connectivity index (χ2n) is 6.61.